The van der Waals surface area contributed by atoms with Crippen LogP contribution >= 0.6 is 0 Å². The van der Waals surface area contributed by atoms with Crippen molar-refractivity contribution in [1.29, 1.82) is 0 Å². The first-order valence-corrected chi connectivity index (χ1v) is 10.9. The molecule has 170 valence electrons. The zero-order chi connectivity index (χ0) is 23.4. The van der Waals surface area contributed by atoms with Crippen LogP contribution in [0.3, 0.4) is 0 Å². The van der Waals surface area contributed by atoms with Gasteiger partial charge < -0.3 is 19.7 Å². The lowest BCUT2D eigenvalue weighted by atomic mass is 9.93. The Morgan fingerprint density at radius 2 is 1.82 bits per heavy atom. The summed E-state index contributed by atoms with van der Waals surface area (Å²) in [6.07, 6.45) is 0.191. The number of amides is 1. The van der Waals surface area contributed by atoms with Crippen molar-refractivity contribution >= 4 is 11.9 Å². The molecule has 1 aliphatic heterocycles. The van der Waals surface area contributed by atoms with E-state index < -0.39 is 0 Å². The second kappa shape index (κ2) is 9.88. The van der Waals surface area contributed by atoms with Crippen LogP contribution in [0.4, 0.5) is 0 Å². The van der Waals surface area contributed by atoms with Gasteiger partial charge in [0.15, 0.2) is 0 Å². The Labute approximate surface area is 194 Å². The number of methoxy groups -OCH3 is 1. The molecular weight excluding hydrogens is 416 g/mol. The van der Waals surface area contributed by atoms with Crippen molar-refractivity contribution in [2.45, 2.75) is 18.6 Å². The van der Waals surface area contributed by atoms with Crippen molar-refractivity contribution in [3.63, 3.8) is 0 Å². The van der Waals surface area contributed by atoms with Crippen molar-refractivity contribution < 1.29 is 19.1 Å². The highest BCUT2D eigenvalue weighted by Crippen LogP contribution is 2.31. The molecule has 0 saturated heterocycles. The molecule has 0 aliphatic carbocycles. The van der Waals surface area contributed by atoms with Crippen molar-refractivity contribution in [3.8, 4) is 5.75 Å². The van der Waals surface area contributed by atoms with Gasteiger partial charge in [0.2, 0.25) is 0 Å². The fraction of sp³-hybridized carbons (Fsp3) is 0.259. The number of fused-ring (bicyclic) bond motifs is 1. The number of esters is 1. The Kier molecular flexibility index (Phi) is 6.75. The normalized spacial score (nSPS) is 16.0. The maximum Gasteiger partial charge on any atom is 0.339 e. The summed E-state index contributed by atoms with van der Waals surface area (Å²) in [5, 5.41) is 3.04. The lowest BCUT2D eigenvalue weighted by molar-refractivity contribution is 0.0252. The largest absolute Gasteiger partial charge is 0.497 e. The van der Waals surface area contributed by atoms with E-state index in [0.717, 1.165) is 22.4 Å². The molecule has 0 fully saturated rings. The van der Waals surface area contributed by atoms with Gasteiger partial charge in [0.05, 0.1) is 18.7 Å². The van der Waals surface area contributed by atoms with E-state index >= 15 is 0 Å². The summed E-state index contributed by atoms with van der Waals surface area (Å²) in [5.41, 5.74) is 3.90. The summed E-state index contributed by atoms with van der Waals surface area (Å²) < 4.78 is 10.9. The molecule has 2 atom stereocenters. The number of hydrogen-bond donors (Lipinski definition) is 1. The molecule has 3 aromatic carbocycles. The van der Waals surface area contributed by atoms with Crippen LogP contribution in [0.1, 0.15) is 49.6 Å². The van der Waals surface area contributed by atoms with Crippen molar-refractivity contribution in [2.75, 3.05) is 27.7 Å². The zero-order valence-corrected chi connectivity index (χ0v) is 19.1. The molecule has 0 saturated carbocycles. The molecule has 0 bridgehead atoms. The number of benzene rings is 3. The number of nitrogens with zero attached hydrogens (tertiary/aromatic N) is 1. The first-order valence-electron chi connectivity index (χ1n) is 10.9. The van der Waals surface area contributed by atoms with Crippen LogP contribution in [-0.2, 0) is 11.2 Å². The number of carbonyl (C=O) groups is 2. The Bertz CT molecular complexity index is 1130. The highest BCUT2D eigenvalue weighted by atomic mass is 16.5. The van der Waals surface area contributed by atoms with Crippen molar-refractivity contribution in [2.24, 2.45) is 0 Å². The molecule has 1 heterocycles. The van der Waals surface area contributed by atoms with Crippen LogP contribution in [0.2, 0.25) is 0 Å². The highest BCUT2D eigenvalue weighted by molar-refractivity contribution is 5.97. The highest BCUT2D eigenvalue weighted by Gasteiger charge is 2.28. The van der Waals surface area contributed by atoms with Gasteiger partial charge in [-0.15, -0.1) is 0 Å². The number of carbonyl (C=O) groups excluding carboxylic acids is 2. The van der Waals surface area contributed by atoms with Crippen molar-refractivity contribution in [1.82, 2.24) is 10.2 Å². The number of hydrogen-bond acceptors (Lipinski definition) is 5. The van der Waals surface area contributed by atoms with E-state index in [1.54, 1.807) is 25.3 Å². The average Bonchev–Trinajstić information content (AvgIpc) is 2.84. The zero-order valence-electron chi connectivity index (χ0n) is 19.1. The fourth-order valence-corrected chi connectivity index (χ4v) is 4.11. The second-order valence-electron chi connectivity index (χ2n) is 8.34. The van der Waals surface area contributed by atoms with E-state index in [4.69, 9.17) is 9.47 Å². The third-order valence-electron chi connectivity index (χ3n) is 5.99. The van der Waals surface area contributed by atoms with E-state index in [0.29, 0.717) is 24.1 Å². The molecule has 0 radical (unpaired) electrons. The van der Waals surface area contributed by atoms with Crippen LogP contribution < -0.4 is 10.1 Å². The Morgan fingerprint density at radius 1 is 1.09 bits per heavy atom. The molecule has 2 unspecified atom stereocenters. The molecular formula is C27H28N2O4. The molecule has 6 nitrogen and oxygen atoms in total. The van der Waals surface area contributed by atoms with Gasteiger partial charge in [0.25, 0.3) is 5.91 Å². The fourth-order valence-electron chi connectivity index (χ4n) is 4.11. The monoisotopic (exact) mass is 444 g/mol. The third kappa shape index (κ3) is 5.07. The van der Waals surface area contributed by atoms with Gasteiger partial charge in [-0.1, -0.05) is 42.5 Å². The summed E-state index contributed by atoms with van der Waals surface area (Å²) in [5.74, 6) is 0.263. The maximum atomic E-state index is 13.0. The second-order valence-corrected chi connectivity index (χ2v) is 8.34. The first-order chi connectivity index (χ1) is 16.0. The summed E-state index contributed by atoms with van der Waals surface area (Å²) in [6.45, 7) is 0.448. The molecule has 1 aliphatic rings. The Morgan fingerprint density at radius 3 is 2.48 bits per heavy atom. The Balaban J connectivity index is 1.48. The van der Waals surface area contributed by atoms with Gasteiger partial charge in [-0.2, -0.15) is 0 Å². The van der Waals surface area contributed by atoms with E-state index in [2.05, 4.69) is 10.2 Å². The smallest absolute Gasteiger partial charge is 0.339 e. The minimum atomic E-state index is -0.357. The maximum absolute atomic E-state index is 13.0. The predicted molar refractivity (Wildman–Crippen MR) is 126 cm³/mol. The van der Waals surface area contributed by atoms with E-state index in [1.807, 2.05) is 68.7 Å². The summed E-state index contributed by atoms with van der Waals surface area (Å²) in [6, 6.07) is 22.7. The number of ether oxygens (including phenoxy) is 2. The topological polar surface area (TPSA) is 67.9 Å². The lowest BCUT2D eigenvalue weighted by Crippen LogP contribution is -2.34. The van der Waals surface area contributed by atoms with E-state index in [1.165, 1.54) is 0 Å². The molecule has 6 heteroatoms. The summed E-state index contributed by atoms with van der Waals surface area (Å²) >= 11 is 0. The number of nitrogens with one attached hydrogen (secondary N) is 1. The molecule has 1 N–H and O–H groups in total. The third-order valence-corrected chi connectivity index (χ3v) is 5.99. The van der Waals surface area contributed by atoms with E-state index in [9.17, 15) is 9.59 Å². The van der Waals surface area contributed by atoms with Crippen molar-refractivity contribution in [3.05, 3.63) is 101 Å². The molecule has 0 spiro atoms. The molecule has 4 rings (SSSR count). The summed E-state index contributed by atoms with van der Waals surface area (Å²) in [4.78, 5) is 27.5. The molecule has 0 aromatic heterocycles. The number of likely N-dealkylation sites (N-methyl/N-ethyl adjacent to an activating group) is 1. The lowest BCUT2D eigenvalue weighted by Gasteiger charge is -2.26. The first kappa shape index (κ1) is 22.6. The van der Waals surface area contributed by atoms with Crippen LogP contribution in [0, 0.1) is 0 Å². The molecule has 3 aromatic rings. The predicted octanol–water partition coefficient (Wildman–Crippen LogP) is 4.18. The summed E-state index contributed by atoms with van der Waals surface area (Å²) in [7, 11) is 5.60. The van der Waals surface area contributed by atoms with Gasteiger partial charge >= 0.3 is 5.97 Å². The van der Waals surface area contributed by atoms with Gasteiger partial charge in [-0.3, -0.25) is 4.79 Å². The average molecular weight is 445 g/mol. The SMILES string of the molecule is COc1ccc(C(CNC(=O)c2ccc3c(c2)CC(c2ccccc2)OC3=O)N(C)C)cc1. The molecule has 1 amide bonds. The van der Waals surface area contributed by atoms with Gasteiger partial charge in [-0.05, 0) is 61.1 Å². The van der Waals surface area contributed by atoms with Crippen LogP contribution in [-0.4, -0.2) is 44.5 Å². The minimum absolute atomic E-state index is 0.00919. The molecule has 33 heavy (non-hydrogen) atoms. The minimum Gasteiger partial charge on any atom is -0.497 e. The standard InChI is InChI=1S/C27H28N2O4/c1-29(2)24(18-9-12-22(32-3)13-10-18)17-28-26(30)20-11-14-23-21(15-20)16-25(33-27(23)31)19-7-5-4-6-8-19/h4-15,24-25H,16-17H2,1-3H3,(H,28,30). The quantitative estimate of drug-likeness (QED) is 0.554. The van der Waals surface area contributed by atoms with Gasteiger partial charge in [0, 0.05) is 18.5 Å². The van der Waals surface area contributed by atoms with Crippen LogP contribution in [0.15, 0.2) is 72.8 Å². The van der Waals surface area contributed by atoms with Crippen LogP contribution in [0.25, 0.3) is 0 Å². The van der Waals surface area contributed by atoms with Gasteiger partial charge in [-0.25, -0.2) is 4.79 Å². The Hall–Kier alpha value is -3.64. The number of cyclic esters (lactones) is 1. The van der Waals surface area contributed by atoms with Crippen LogP contribution in [0.5, 0.6) is 5.75 Å². The number of rotatable bonds is 7. The van der Waals surface area contributed by atoms with E-state index in [-0.39, 0.29) is 24.0 Å². The van der Waals surface area contributed by atoms with Gasteiger partial charge in [0.1, 0.15) is 11.9 Å².